The fraction of sp³-hybridized carbons (Fsp3) is 0.923. The lowest BCUT2D eigenvalue weighted by atomic mass is 9.69. The molecule has 0 amide bonds. The van der Waals surface area contributed by atoms with Gasteiger partial charge in [0.1, 0.15) is 6.29 Å². The molecule has 0 bridgehead atoms. The zero-order chi connectivity index (χ0) is 12.6. The first-order chi connectivity index (χ1) is 7.58. The number of rotatable bonds is 9. The normalized spacial score (nSPS) is 17.1. The van der Waals surface area contributed by atoms with Gasteiger partial charge in [0.05, 0.1) is 7.85 Å². The van der Waals surface area contributed by atoms with E-state index in [1.165, 1.54) is 0 Å². The molecule has 2 radical (unpaired) electrons. The lowest BCUT2D eigenvalue weighted by Gasteiger charge is -2.36. The Morgan fingerprint density at radius 2 is 1.88 bits per heavy atom. The minimum absolute atomic E-state index is 0.207. The van der Waals surface area contributed by atoms with Gasteiger partial charge < -0.3 is 9.69 Å². The van der Waals surface area contributed by atoms with Gasteiger partial charge in [0.25, 0.3) is 0 Å². The van der Waals surface area contributed by atoms with Gasteiger partial charge in [0.15, 0.2) is 0 Å². The molecular weight excluding hydrogens is 197 g/mol. The predicted molar refractivity (Wildman–Crippen MR) is 71.0 cm³/mol. The molecule has 16 heavy (non-hydrogen) atoms. The van der Waals surface area contributed by atoms with Crippen molar-refractivity contribution in [3.8, 4) is 0 Å². The van der Waals surface area contributed by atoms with Crippen LogP contribution < -0.4 is 0 Å². The van der Waals surface area contributed by atoms with E-state index in [0.29, 0.717) is 18.4 Å². The molecule has 3 heteroatoms. The zero-order valence-corrected chi connectivity index (χ0v) is 11.3. The number of carbonyl (C=O) groups excluding carboxylic acids is 1. The van der Waals surface area contributed by atoms with Crippen LogP contribution in [0.25, 0.3) is 0 Å². The fourth-order valence-corrected chi connectivity index (χ4v) is 2.41. The quantitative estimate of drug-likeness (QED) is 0.442. The van der Waals surface area contributed by atoms with Crippen LogP contribution in [0.2, 0.25) is 5.82 Å². The van der Waals surface area contributed by atoms with Crippen LogP contribution in [-0.4, -0.2) is 39.2 Å². The summed E-state index contributed by atoms with van der Waals surface area (Å²) in [6.45, 7) is 4.32. The van der Waals surface area contributed by atoms with Crippen LogP contribution in [-0.2, 0) is 4.79 Å². The molecule has 2 nitrogen and oxygen atoms in total. The van der Waals surface area contributed by atoms with E-state index in [4.69, 9.17) is 7.85 Å². The molecule has 0 aromatic carbocycles. The standard InChI is InChI=1S/C13H26BNO/c1-5-8-13(15(3)4)11(9-7-10-16)12(14)6-2/h10-13H,5-9H2,1-4H3. The Morgan fingerprint density at radius 1 is 1.25 bits per heavy atom. The third-order valence-electron chi connectivity index (χ3n) is 3.38. The summed E-state index contributed by atoms with van der Waals surface area (Å²) in [4.78, 5) is 12.8. The van der Waals surface area contributed by atoms with Crippen LogP contribution in [0.4, 0.5) is 0 Å². The van der Waals surface area contributed by atoms with E-state index >= 15 is 0 Å². The van der Waals surface area contributed by atoms with Crippen LogP contribution in [0.3, 0.4) is 0 Å². The molecule has 3 atom stereocenters. The third-order valence-corrected chi connectivity index (χ3v) is 3.38. The van der Waals surface area contributed by atoms with Gasteiger partial charge in [-0.3, -0.25) is 0 Å². The summed E-state index contributed by atoms with van der Waals surface area (Å²) >= 11 is 0. The highest BCUT2D eigenvalue weighted by atomic mass is 16.1. The molecule has 3 unspecified atom stereocenters. The van der Waals surface area contributed by atoms with Gasteiger partial charge in [-0.05, 0) is 32.9 Å². The monoisotopic (exact) mass is 223 g/mol. The largest absolute Gasteiger partial charge is 0.306 e. The van der Waals surface area contributed by atoms with Gasteiger partial charge >= 0.3 is 0 Å². The summed E-state index contributed by atoms with van der Waals surface area (Å²) in [5.74, 6) is 0.643. The Bertz CT molecular complexity index is 185. The highest BCUT2D eigenvalue weighted by Crippen LogP contribution is 2.30. The molecule has 0 aliphatic rings. The fourth-order valence-electron chi connectivity index (χ4n) is 2.41. The molecule has 0 aromatic rings. The highest BCUT2D eigenvalue weighted by Gasteiger charge is 2.25. The lowest BCUT2D eigenvalue weighted by molar-refractivity contribution is -0.108. The van der Waals surface area contributed by atoms with Gasteiger partial charge in [0, 0.05) is 12.5 Å². The Morgan fingerprint density at radius 3 is 2.25 bits per heavy atom. The molecule has 0 fully saturated rings. The summed E-state index contributed by atoms with van der Waals surface area (Å²) in [6.07, 6.45) is 5.86. The second-order valence-corrected chi connectivity index (χ2v) is 4.80. The summed E-state index contributed by atoms with van der Waals surface area (Å²) in [7, 11) is 10.4. The van der Waals surface area contributed by atoms with Crippen molar-refractivity contribution >= 4 is 14.1 Å². The van der Waals surface area contributed by atoms with E-state index in [1.54, 1.807) is 0 Å². The van der Waals surface area contributed by atoms with Crippen molar-refractivity contribution in [3.05, 3.63) is 0 Å². The molecular formula is C13H26BNO. The Hall–Kier alpha value is -0.305. The van der Waals surface area contributed by atoms with Gasteiger partial charge in [-0.1, -0.05) is 32.5 Å². The first-order valence-corrected chi connectivity index (χ1v) is 6.44. The molecule has 0 rings (SSSR count). The molecule has 0 aromatic heterocycles. The van der Waals surface area contributed by atoms with Gasteiger partial charge in [0.2, 0.25) is 0 Å². The summed E-state index contributed by atoms with van der Waals surface area (Å²) < 4.78 is 0. The molecule has 0 saturated heterocycles. The number of aldehydes is 1. The molecule has 0 heterocycles. The van der Waals surface area contributed by atoms with Crippen molar-refractivity contribution in [1.29, 1.82) is 0 Å². The first kappa shape index (κ1) is 15.7. The zero-order valence-electron chi connectivity index (χ0n) is 11.3. The molecule has 0 spiro atoms. The van der Waals surface area contributed by atoms with E-state index < -0.39 is 0 Å². The van der Waals surface area contributed by atoms with Gasteiger partial charge in [-0.25, -0.2) is 0 Å². The van der Waals surface area contributed by atoms with Crippen LogP contribution in [0.5, 0.6) is 0 Å². The SMILES string of the molecule is [B]C(CC)C(CCC=O)C(CCC)N(C)C. The molecule has 0 aliphatic heterocycles. The average molecular weight is 223 g/mol. The van der Waals surface area contributed by atoms with E-state index in [9.17, 15) is 4.79 Å². The summed E-state index contributed by atoms with van der Waals surface area (Å²) in [5.41, 5.74) is 0. The number of carbonyl (C=O) groups is 1. The summed E-state index contributed by atoms with van der Waals surface area (Å²) in [5, 5.41) is 0. The first-order valence-electron chi connectivity index (χ1n) is 6.44. The Balaban J connectivity index is 4.58. The van der Waals surface area contributed by atoms with Crippen LogP contribution >= 0.6 is 0 Å². The number of hydrogen-bond donors (Lipinski definition) is 0. The van der Waals surface area contributed by atoms with Crippen LogP contribution in [0.1, 0.15) is 46.0 Å². The highest BCUT2D eigenvalue weighted by molar-refractivity contribution is 6.11. The van der Waals surface area contributed by atoms with Gasteiger partial charge in [-0.15, -0.1) is 0 Å². The second-order valence-electron chi connectivity index (χ2n) is 4.80. The lowest BCUT2D eigenvalue weighted by Crippen LogP contribution is -2.37. The maximum atomic E-state index is 10.5. The topological polar surface area (TPSA) is 20.3 Å². The molecule has 0 saturated carbocycles. The van der Waals surface area contributed by atoms with Crippen molar-refractivity contribution in [2.75, 3.05) is 14.1 Å². The third kappa shape index (κ3) is 5.15. The maximum Gasteiger partial charge on any atom is 0.120 e. The predicted octanol–water partition coefficient (Wildman–Crippen LogP) is 2.68. The van der Waals surface area contributed by atoms with Crippen molar-refractivity contribution in [2.24, 2.45) is 5.92 Å². The summed E-state index contributed by atoms with van der Waals surface area (Å²) in [6, 6.07) is 0.500. The van der Waals surface area contributed by atoms with Gasteiger partial charge in [-0.2, -0.15) is 0 Å². The maximum absolute atomic E-state index is 10.5. The van der Waals surface area contributed by atoms with E-state index in [0.717, 1.165) is 32.0 Å². The van der Waals surface area contributed by atoms with Crippen LogP contribution in [0, 0.1) is 5.92 Å². The minimum atomic E-state index is 0.207. The van der Waals surface area contributed by atoms with Crippen LogP contribution in [0.15, 0.2) is 0 Å². The molecule has 0 N–H and O–H groups in total. The smallest absolute Gasteiger partial charge is 0.120 e. The average Bonchev–Trinajstić information content (AvgIpc) is 2.27. The van der Waals surface area contributed by atoms with Crippen molar-refractivity contribution < 1.29 is 4.79 Å². The van der Waals surface area contributed by atoms with E-state index in [2.05, 4.69) is 32.8 Å². The van der Waals surface area contributed by atoms with Crippen molar-refractivity contribution in [2.45, 2.75) is 57.8 Å². The van der Waals surface area contributed by atoms with Crippen molar-refractivity contribution in [3.63, 3.8) is 0 Å². The Kier molecular flexibility index (Phi) is 8.63. The Labute approximate surface area is 102 Å². The number of hydrogen-bond acceptors (Lipinski definition) is 2. The van der Waals surface area contributed by atoms with E-state index in [1.807, 2.05) is 0 Å². The molecule has 92 valence electrons. The second kappa shape index (κ2) is 8.80. The van der Waals surface area contributed by atoms with E-state index in [-0.39, 0.29) is 5.82 Å². The molecule has 0 aliphatic carbocycles. The minimum Gasteiger partial charge on any atom is -0.306 e. The van der Waals surface area contributed by atoms with Crippen molar-refractivity contribution in [1.82, 2.24) is 4.90 Å². The number of nitrogens with zero attached hydrogens (tertiary/aromatic N) is 1.